The Hall–Kier alpha value is -1.74. The van der Waals surface area contributed by atoms with Crippen LogP contribution < -0.4 is 0 Å². The second kappa shape index (κ2) is 5.74. The molecule has 2 rings (SSSR count). The van der Waals surface area contributed by atoms with Crippen molar-refractivity contribution in [1.82, 2.24) is 9.97 Å². The van der Waals surface area contributed by atoms with Gasteiger partial charge in [0.25, 0.3) is 0 Å². The third-order valence-corrected chi connectivity index (χ3v) is 2.80. The lowest BCUT2D eigenvalue weighted by atomic mass is 10.1. The monoisotopic (exact) mass is 260 g/mol. The minimum atomic E-state index is 0.149. The summed E-state index contributed by atoms with van der Waals surface area (Å²) in [5.74, 6) is 0.841. The molecule has 0 fully saturated rings. The summed E-state index contributed by atoms with van der Waals surface area (Å²) in [6.07, 6.45) is 2.77. The number of aromatic nitrogens is 2. The summed E-state index contributed by atoms with van der Waals surface area (Å²) in [7, 11) is 0. The third-order valence-electron chi connectivity index (χ3n) is 2.55. The summed E-state index contributed by atoms with van der Waals surface area (Å²) in [6, 6.07) is 9.34. The molecule has 1 aromatic carbocycles. The van der Waals surface area contributed by atoms with E-state index >= 15 is 0 Å². The van der Waals surface area contributed by atoms with Crippen molar-refractivity contribution in [3.8, 4) is 11.3 Å². The van der Waals surface area contributed by atoms with Gasteiger partial charge in [-0.05, 0) is 25.1 Å². The maximum absolute atomic E-state index is 10.9. The van der Waals surface area contributed by atoms with Crippen molar-refractivity contribution >= 4 is 17.4 Å². The number of rotatable bonds is 4. The van der Waals surface area contributed by atoms with Gasteiger partial charge in [-0.25, -0.2) is 9.97 Å². The van der Waals surface area contributed by atoms with Crippen LogP contribution in [0.15, 0.2) is 36.5 Å². The molecule has 1 aromatic heterocycles. The summed E-state index contributed by atoms with van der Waals surface area (Å²) < 4.78 is 0. The molecule has 1 heterocycles. The van der Waals surface area contributed by atoms with Crippen LogP contribution in [0.1, 0.15) is 19.2 Å². The van der Waals surface area contributed by atoms with Crippen LogP contribution >= 0.6 is 11.6 Å². The molecule has 2 aromatic rings. The number of halogens is 1. The lowest BCUT2D eigenvalue weighted by Gasteiger charge is -2.03. The molecule has 0 saturated heterocycles. The van der Waals surface area contributed by atoms with Gasteiger partial charge < -0.3 is 4.79 Å². The van der Waals surface area contributed by atoms with Crippen LogP contribution in [0.2, 0.25) is 5.02 Å². The Morgan fingerprint density at radius 3 is 2.61 bits per heavy atom. The Bertz CT molecular complexity index is 552. The number of hydrogen-bond donors (Lipinski definition) is 0. The van der Waals surface area contributed by atoms with Gasteiger partial charge in [-0.3, -0.25) is 0 Å². The smallest absolute Gasteiger partial charge is 0.130 e. The lowest BCUT2D eigenvalue weighted by molar-refractivity contribution is -0.117. The van der Waals surface area contributed by atoms with Crippen molar-refractivity contribution in [3.05, 3.63) is 47.4 Å². The van der Waals surface area contributed by atoms with Crippen molar-refractivity contribution in [2.75, 3.05) is 0 Å². The van der Waals surface area contributed by atoms with E-state index in [2.05, 4.69) is 9.97 Å². The van der Waals surface area contributed by atoms with Crippen molar-refractivity contribution < 1.29 is 4.79 Å². The zero-order valence-electron chi connectivity index (χ0n) is 10.1. The third kappa shape index (κ3) is 3.37. The predicted octanol–water partition coefficient (Wildman–Crippen LogP) is 3.32. The standard InChI is InChI=1S/C14H13ClN2O/c1-10(18)2-7-14-16-9-8-13(17-14)11-3-5-12(15)6-4-11/h3-6,8-9H,2,7H2,1H3. The fourth-order valence-corrected chi connectivity index (χ4v) is 1.71. The zero-order chi connectivity index (χ0) is 13.0. The Kier molecular flexibility index (Phi) is 4.05. The van der Waals surface area contributed by atoms with Crippen LogP contribution in [0.3, 0.4) is 0 Å². The second-order valence-electron chi connectivity index (χ2n) is 4.07. The molecule has 92 valence electrons. The first-order valence-corrected chi connectivity index (χ1v) is 6.10. The van der Waals surface area contributed by atoms with Crippen molar-refractivity contribution in [2.24, 2.45) is 0 Å². The van der Waals surface area contributed by atoms with E-state index < -0.39 is 0 Å². The average molecular weight is 261 g/mol. The molecule has 0 unspecified atom stereocenters. The zero-order valence-corrected chi connectivity index (χ0v) is 10.8. The summed E-state index contributed by atoms with van der Waals surface area (Å²) in [5.41, 5.74) is 1.84. The molecule has 0 bridgehead atoms. The van der Waals surface area contributed by atoms with Crippen LogP contribution in [0.5, 0.6) is 0 Å². The fraction of sp³-hybridized carbons (Fsp3) is 0.214. The van der Waals surface area contributed by atoms with E-state index in [1.165, 1.54) is 0 Å². The number of nitrogens with zero attached hydrogens (tertiary/aromatic N) is 2. The summed E-state index contributed by atoms with van der Waals surface area (Å²) in [5, 5.41) is 0.699. The van der Waals surface area contributed by atoms with Crippen LogP contribution in [0.4, 0.5) is 0 Å². The van der Waals surface area contributed by atoms with Crippen LogP contribution in [0, 0.1) is 0 Å². The van der Waals surface area contributed by atoms with E-state index in [0.717, 1.165) is 11.3 Å². The second-order valence-corrected chi connectivity index (χ2v) is 4.50. The molecule has 0 saturated carbocycles. The number of carbonyl (C=O) groups is 1. The van der Waals surface area contributed by atoms with Crippen LogP contribution in [-0.2, 0) is 11.2 Å². The highest BCUT2D eigenvalue weighted by Crippen LogP contribution is 2.19. The van der Waals surface area contributed by atoms with E-state index in [1.807, 2.05) is 30.3 Å². The van der Waals surface area contributed by atoms with E-state index in [-0.39, 0.29) is 5.78 Å². The van der Waals surface area contributed by atoms with Crippen molar-refractivity contribution in [3.63, 3.8) is 0 Å². The number of ketones is 1. The Morgan fingerprint density at radius 1 is 1.22 bits per heavy atom. The van der Waals surface area contributed by atoms with E-state index in [9.17, 15) is 4.79 Å². The molecule has 0 atom stereocenters. The first-order chi connectivity index (χ1) is 8.65. The van der Waals surface area contributed by atoms with Gasteiger partial charge in [-0.1, -0.05) is 23.7 Å². The number of benzene rings is 1. The lowest BCUT2D eigenvalue weighted by Crippen LogP contribution is -2.00. The SMILES string of the molecule is CC(=O)CCc1nccc(-c2ccc(Cl)cc2)n1. The molecule has 18 heavy (non-hydrogen) atoms. The number of hydrogen-bond acceptors (Lipinski definition) is 3. The van der Waals surface area contributed by atoms with Crippen molar-refractivity contribution in [1.29, 1.82) is 0 Å². The highest BCUT2D eigenvalue weighted by Gasteiger charge is 2.03. The van der Waals surface area contributed by atoms with Gasteiger partial charge in [0, 0.05) is 29.6 Å². The van der Waals surface area contributed by atoms with E-state index in [1.54, 1.807) is 13.1 Å². The van der Waals surface area contributed by atoms with Crippen LogP contribution in [0.25, 0.3) is 11.3 Å². The predicted molar refractivity (Wildman–Crippen MR) is 71.5 cm³/mol. The summed E-state index contributed by atoms with van der Waals surface area (Å²) >= 11 is 5.84. The molecular formula is C14H13ClN2O. The number of carbonyl (C=O) groups excluding carboxylic acids is 1. The van der Waals surface area contributed by atoms with Gasteiger partial charge in [0.15, 0.2) is 0 Å². The molecule has 0 aliphatic heterocycles. The van der Waals surface area contributed by atoms with E-state index in [4.69, 9.17) is 11.6 Å². The van der Waals surface area contributed by atoms with Gasteiger partial charge in [-0.15, -0.1) is 0 Å². The maximum Gasteiger partial charge on any atom is 0.130 e. The van der Waals surface area contributed by atoms with Crippen LogP contribution in [-0.4, -0.2) is 15.8 Å². The molecule has 0 amide bonds. The summed E-state index contributed by atoms with van der Waals surface area (Å²) in [6.45, 7) is 1.57. The maximum atomic E-state index is 10.9. The minimum absolute atomic E-state index is 0.149. The summed E-state index contributed by atoms with van der Waals surface area (Å²) in [4.78, 5) is 19.5. The van der Waals surface area contributed by atoms with E-state index in [0.29, 0.717) is 23.7 Å². The minimum Gasteiger partial charge on any atom is -0.300 e. The Morgan fingerprint density at radius 2 is 1.94 bits per heavy atom. The molecule has 0 spiro atoms. The Labute approximate surface area is 111 Å². The largest absolute Gasteiger partial charge is 0.300 e. The highest BCUT2D eigenvalue weighted by atomic mass is 35.5. The Balaban J connectivity index is 2.21. The first kappa shape index (κ1) is 12.7. The molecular weight excluding hydrogens is 248 g/mol. The number of aryl methyl sites for hydroxylation is 1. The quantitative estimate of drug-likeness (QED) is 0.847. The first-order valence-electron chi connectivity index (χ1n) is 5.72. The number of Topliss-reactive ketones (excluding diaryl/α,β-unsaturated/α-hetero) is 1. The normalized spacial score (nSPS) is 10.3. The fourth-order valence-electron chi connectivity index (χ4n) is 1.59. The van der Waals surface area contributed by atoms with Crippen molar-refractivity contribution in [2.45, 2.75) is 19.8 Å². The molecule has 0 N–H and O–H groups in total. The molecule has 4 heteroatoms. The van der Waals surface area contributed by atoms with Gasteiger partial charge >= 0.3 is 0 Å². The average Bonchev–Trinajstić information content (AvgIpc) is 2.37. The van der Waals surface area contributed by atoms with Gasteiger partial charge in [0.2, 0.25) is 0 Å². The molecule has 0 aliphatic rings. The molecule has 3 nitrogen and oxygen atoms in total. The van der Waals surface area contributed by atoms with Gasteiger partial charge in [-0.2, -0.15) is 0 Å². The molecule has 0 aliphatic carbocycles. The topological polar surface area (TPSA) is 42.9 Å². The van der Waals surface area contributed by atoms with Gasteiger partial charge in [0.05, 0.1) is 5.69 Å². The molecule has 0 radical (unpaired) electrons. The highest BCUT2D eigenvalue weighted by molar-refractivity contribution is 6.30. The van der Waals surface area contributed by atoms with Gasteiger partial charge in [0.1, 0.15) is 11.6 Å².